The van der Waals surface area contributed by atoms with Gasteiger partial charge in [0.05, 0.1) is 17.5 Å². The van der Waals surface area contributed by atoms with Gasteiger partial charge >= 0.3 is 12.1 Å². The summed E-state index contributed by atoms with van der Waals surface area (Å²) >= 11 is 0. The van der Waals surface area contributed by atoms with Crippen LogP contribution in [-0.4, -0.2) is 16.1 Å². The van der Waals surface area contributed by atoms with E-state index >= 15 is 0 Å². The van der Waals surface area contributed by atoms with Gasteiger partial charge in [-0.2, -0.15) is 13.2 Å². The Morgan fingerprint density at radius 3 is 2.51 bits per heavy atom. The predicted molar refractivity (Wildman–Crippen MR) is 130 cm³/mol. The molecular weight excluding hydrogens is 453 g/mol. The Balaban J connectivity index is 1.75. The van der Waals surface area contributed by atoms with Gasteiger partial charge in [-0.3, -0.25) is 9.78 Å². The van der Waals surface area contributed by atoms with Crippen molar-refractivity contribution in [1.29, 1.82) is 0 Å². The number of nitrogens with zero attached hydrogens (tertiary/aromatic N) is 1. The first-order valence-electron chi connectivity index (χ1n) is 11.9. The average molecular weight is 483 g/mol. The van der Waals surface area contributed by atoms with Gasteiger partial charge in [0.2, 0.25) is 0 Å². The summed E-state index contributed by atoms with van der Waals surface area (Å²) in [6.45, 7) is 3.95. The molecule has 1 aromatic heterocycles. The van der Waals surface area contributed by atoms with Crippen molar-refractivity contribution in [2.24, 2.45) is 5.92 Å². The topological polar surface area (TPSA) is 62.2 Å². The van der Waals surface area contributed by atoms with Crippen LogP contribution in [0.1, 0.15) is 67.5 Å². The van der Waals surface area contributed by atoms with Gasteiger partial charge in [-0.15, -0.1) is 0 Å². The highest BCUT2D eigenvalue weighted by atomic mass is 19.4. The molecule has 35 heavy (non-hydrogen) atoms. The first kappa shape index (κ1) is 24.8. The molecule has 2 aromatic carbocycles. The third-order valence-corrected chi connectivity index (χ3v) is 6.46. The average Bonchev–Trinajstić information content (AvgIpc) is 2.82. The van der Waals surface area contributed by atoms with Crippen LogP contribution in [0.15, 0.2) is 60.8 Å². The molecule has 0 bridgehead atoms. The molecule has 4 nitrogen and oxygen atoms in total. The molecule has 0 amide bonds. The highest BCUT2D eigenvalue weighted by Crippen LogP contribution is 2.37. The lowest BCUT2D eigenvalue weighted by Crippen LogP contribution is -2.19. The van der Waals surface area contributed by atoms with E-state index in [1.807, 2.05) is 32.0 Å². The number of rotatable bonds is 7. The first-order valence-corrected chi connectivity index (χ1v) is 11.9. The second kappa shape index (κ2) is 10.1. The van der Waals surface area contributed by atoms with Crippen molar-refractivity contribution in [2.45, 2.75) is 57.7 Å². The second-order valence-electron chi connectivity index (χ2n) is 9.57. The molecule has 1 aliphatic carbocycles. The van der Waals surface area contributed by atoms with E-state index in [1.165, 1.54) is 12.1 Å². The zero-order valence-corrected chi connectivity index (χ0v) is 19.8. The lowest BCUT2D eigenvalue weighted by Gasteiger charge is -2.27. The third kappa shape index (κ3) is 5.84. The molecule has 0 aliphatic heterocycles. The van der Waals surface area contributed by atoms with Gasteiger partial charge in [0, 0.05) is 17.6 Å². The number of fused-ring (bicyclic) bond motifs is 1. The minimum Gasteiger partial charge on any atom is -0.481 e. The van der Waals surface area contributed by atoms with Crippen molar-refractivity contribution >= 4 is 11.7 Å². The first-order chi connectivity index (χ1) is 16.6. The standard InChI is InChI=1S/C28H29F3N2O2/c1-17(2)13-24(27(34)35)20-14-19(18-8-10-21(11-9-18)28(29,30)31)15-22(16-20)33-26-7-3-6-25-23(26)5-4-12-32-25/h4-5,8-12,14-17,24,26,33H,3,6-7,13H2,1-2H3,(H,34,35). The SMILES string of the molecule is CC(C)CC(C(=O)O)c1cc(NC2CCCc3ncccc32)cc(-c2ccc(C(F)(F)F)cc2)c1. The van der Waals surface area contributed by atoms with E-state index in [1.54, 1.807) is 12.3 Å². The summed E-state index contributed by atoms with van der Waals surface area (Å²) in [6.07, 6.45) is 0.641. The molecule has 2 atom stereocenters. The van der Waals surface area contributed by atoms with Crippen LogP contribution in [0.3, 0.4) is 0 Å². The van der Waals surface area contributed by atoms with Crippen molar-refractivity contribution < 1.29 is 23.1 Å². The van der Waals surface area contributed by atoms with E-state index in [9.17, 15) is 23.1 Å². The summed E-state index contributed by atoms with van der Waals surface area (Å²) in [6, 6.07) is 14.5. The molecule has 0 spiro atoms. The quantitative estimate of drug-likeness (QED) is 0.367. The lowest BCUT2D eigenvalue weighted by atomic mass is 9.87. The van der Waals surface area contributed by atoms with Gasteiger partial charge in [0.1, 0.15) is 0 Å². The molecular formula is C28H29F3N2O2. The Labute approximate surface area is 203 Å². The summed E-state index contributed by atoms with van der Waals surface area (Å²) in [5, 5.41) is 13.5. The molecule has 3 aromatic rings. The molecule has 4 rings (SSSR count). The van der Waals surface area contributed by atoms with Gasteiger partial charge in [-0.05, 0) is 84.2 Å². The number of aliphatic carboxylic acids is 1. The number of aromatic nitrogens is 1. The minimum atomic E-state index is -4.42. The lowest BCUT2D eigenvalue weighted by molar-refractivity contribution is -0.139. The van der Waals surface area contributed by atoms with Crippen LogP contribution in [0.2, 0.25) is 0 Å². The molecule has 0 radical (unpaired) electrons. The van der Waals surface area contributed by atoms with Crippen molar-refractivity contribution in [3.63, 3.8) is 0 Å². The van der Waals surface area contributed by atoms with E-state index in [-0.39, 0.29) is 12.0 Å². The fourth-order valence-electron chi connectivity index (χ4n) is 4.76. The number of pyridine rings is 1. The fraction of sp³-hybridized carbons (Fsp3) is 0.357. The van der Waals surface area contributed by atoms with Gasteiger partial charge in [0.25, 0.3) is 0 Å². The Kier molecular flexibility index (Phi) is 7.15. The van der Waals surface area contributed by atoms with Gasteiger partial charge in [-0.1, -0.05) is 38.1 Å². The highest BCUT2D eigenvalue weighted by Gasteiger charge is 2.30. The summed E-state index contributed by atoms with van der Waals surface area (Å²) < 4.78 is 39.2. The van der Waals surface area contributed by atoms with Crippen LogP contribution >= 0.6 is 0 Å². The third-order valence-electron chi connectivity index (χ3n) is 6.46. The number of benzene rings is 2. The molecule has 1 heterocycles. The number of carbonyl (C=O) groups is 1. The predicted octanol–water partition coefficient (Wildman–Crippen LogP) is 7.47. The van der Waals surface area contributed by atoms with E-state index in [0.717, 1.165) is 48.3 Å². The molecule has 0 saturated carbocycles. The molecule has 2 N–H and O–H groups in total. The number of hydrogen-bond acceptors (Lipinski definition) is 3. The van der Waals surface area contributed by atoms with Crippen LogP contribution < -0.4 is 5.32 Å². The Morgan fingerprint density at radius 1 is 1.11 bits per heavy atom. The normalized spacial score (nSPS) is 16.6. The Bertz CT molecular complexity index is 1190. The van der Waals surface area contributed by atoms with Crippen LogP contribution in [0.5, 0.6) is 0 Å². The molecule has 7 heteroatoms. The van der Waals surface area contributed by atoms with Crippen molar-refractivity contribution in [1.82, 2.24) is 4.98 Å². The molecule has 1 aliphatic rings. The number of nitrogens with one attached hydrogen (secondary N) is 1. The van der Waals surface area contributed by atoms with Gasteiger partial charge in [0.15, 0.2) is 0 Å². The fourth-order valence-corrected chi connectivity index (χ4v) is 4.76. The molecule has 2 unspecified atom stereocenters. The summed E-state index contributed by atoms with van der Waals surface area (Å²) in [5.41, 5.74) is 4.11. The molecule has 0 saturated heterocycles. The van der Waals surface area contributed by atoms with Crippen molar-refractivity contribution in [2.75, 3.05) is 5.32 Å². The van der Waals surface area contributed by atoms with Crippen LogP contribution in [-0.2, 0) is 17.4 Å². The van der Waals surface area contributed by atoms with Crippen molar-refractivity contribution in [3.8, 4) is 11.1 Å². The highest BCUT2D eigenvalue weighted by molar-refractivity contribution is 5.79. The maximum Gasteiger partial charge on any atom is 0.416 e. The zero-order valence-electron chi connectivity index (χ0n) is 19.8. The van der Waals surface area contributed by atoms with Crippen molar-refractivity contribution in [3.05, 3.63) is 83.2 Å². The van der Waals surface area contributed by atoms with E-state index in [2.05, 4.69) is 16.4 Å². The van der Waals surface area contributed by atoms with Crippen LogP contribution in [0.25, 0.3) is 11.1 Å². The smallest absolute Gasteiger partial charge is 0.416 e. The van der Waals surface area contributed by atoms with Crippen LogP contribution in [0.4, 0.5) is 18.9 Å². The Morgan fingerprint density at radius 2 is 1.86 bits per heavy atom. The maximum absolute atomic E-state index is 13.1. The maximum atomic E-state index is 13.1. The Hall–Kier alpha value is -3.35. The monoisotopic (exact) mass is 482 g/mol. The number of aryl methyl sites for hydroxylation is 1. The van der Waals surface area contributed by atoms with E-state index < -0.39 is 23.6 Å². The number of hydrogen-bond donors (Lipinski definition) is 2. The number of anilines is 1. The largest absolute Gasteiger partial charge is 0.481 e. The molecule has 0 fully saturated rings. The minimum absolute atomic E-state index is 0.0246. The summed E-state index contributed by atoms with van der Waals surface area (Å²) in [7, 11) is 0. The summed E-state index contributed by atoms with van der Waals surface area (Å²) in [5.74, 6) is -1.47. The van der Waals surface area contributed by atoms with E-state index in [0.29, 0.717) is 23.1 Å². The number of halogens is 3. The van der Waals surface area contributed by atoms with Crippen LogP contribution in [0, 0.1) is 5.92 Å². The number of alkyl halides is 3. The number of carboxylic acids is 1. The van der Waals surface area contributed by atoms with Gasteiger partial charge in [-0.25, -0.2) is 0 Å². The zero-order chi connectivity index (χ0) is 25.2. The van der Waals surface area contributed by atoms with E-state index in [4.69, 9.17) is 0 Å². The molecule has 184 valence electrons. The second-order valence-corrected chi connectivity index (χ2v) is 9.57. The summed E-state index contributed by atoms with van der Waals surface area (Å²) in [4.78, 5) is 16.6. The number of carboxylic acid groups (broad SMARTS) is 1. The van der Waals surface area contributed by atoms with Gasteiger partial charge < -0.3 is 10.4 Å².